The van der Waals surface area contributed by atoms with Gasteiger partial charge in [0.2, 0.25) is 0 Å². The van der Waals surface area contributed by atoms with Crippen molar-refractivity contribution in [1.29, 1.82) is 0 Å². The number of rotatable bonds is 5. The molecule has 0 aliphatic carbocycles. The first-order chi connectivity index (χ1) is 12.8. The van der Waals surface area contributed by atoms with Gasteiger partial charge < -0.3 is 19.6 Å². The number of furan rings is 1. The Morgan fingerprint density at radius 1 is 1.31 bits per heavy atom. The van der Waals surface area contributed by atoms with E-state index in [1.807, 2.05) is 18.2 Å². The highest BCUT2D eigenvalue weighted by molar-refractivity contribution is 5.94. The zero-order chi connectivity index (χ0) is 17.8. The van der Waals surface area contributed by atoms with Crippen molar-refractivity contribution in [3.63, 3.8) is 0 Å². The van der Waals surface area contributed by atoms with Crippen LogP contribution in [0.5, 0.6) is 0 Å². The summed E-state index contributed by atoms with van der Waals surface area (Å²) in [5.74, 6) is 1.51. The van der Waals surface area contributed by atoms with Crippen molar-refractivity contribution in [2.75, 3.05) is 13.1 Å². The van der Waals surface area contributed by atoms with E-state index in [1.165, 1.54) is 11.8 Å². The summed E-state index contributed by atoms with van der Waals surface area (Å²) in [6.45, 7) is 2.23. The van der Waals surface area contributed by atoms with Crippen molar-refractivity contribution in [3.05, 3.63) is 59.6 Å². The van der Waals surface area contributed by atoms with Gasteiger partial charge in [0.15, 0.2) is 11.6 Å². The Hall–Kier alpha value is -2.93. The van der Waals surface area contributed by atoms with E-state index in [0.29, 0.717) is 29.0 Å². The van der Waals surface area contributed by atoms with Crippen molar-refractivity contribution < 1.29 is 13.7 Å². The molecule has 1 fully saturated rings. The number of benzene rings is 1. The zero-order valence-electron chi connectivity index (χ0n) is 14.3. The Morgan fingerprint density at radius 2 is 2.27 bits per heavy atom. The third kappa shape index (κ3) is 3.67. The maximum Gasteiger partial charge on any atom is 0.293 e. The van der Waals surface area contributed by atoms with Gasteiger partial charge >= 0.3 is 0 Å². The number of amides is 1. The van der Waals surface area contributed by atoms with E-state index < -0.39 is 0 Å². The minimum absolute atomic E-state index is 0.153. The molecular formula is C19H20N4O3. The molecule has 2 aromatic heterocycles. The summed E-state index contributed by atoms with van der Waals surface area (Å²) in [6.07, 6.45) is 3.85. The molecule has 1 atom stereocenters. The normalized spacial score (nSPS) is 17.2. The van der Waals surface area contributed by atoms with E-state index >= 15 is 0 Å². The zero-order valence-corrected chi connectivity index (χ0v) is 14.3. The molecule has 134 valence electrons. The van der Waals surface area contributed by atoms with Crippen LogP contribution < -0.4 is 10.6 Å². The second-order valence-electron chi connectivity index (χ2n) is 6.34. The molecular weight excluding hydrogens is 332 g/mol. The van der Waals surface area contributed by atoms with Crippen molar-refractivity contribution in [2.45, 2.75) is 25.3 Å². The summed E-state index contributed by atoms with van der Waals surface area (Å²) >= 11 is 0. The molecule has 0 saturated carbocycles. The third-order valence-corrected chi connectivity index (χ3v) is 4.52. The van der Waals surface area contributed by atoms with Crippen LogP contribution in [-0.4, -0.2) is 29.1 Å². The molecule has 7 nitrogen and oxygen atoms in total. The van der Waals surface area contributed by atoms with E-state index in [1.54, 1.807) is 12.1 Å². The number of hydrogen-bond donors (Lipinski definition) is 2. The lowest BCUT2D eigenvalue weighted by molar-refractivity contribution is 0.0949. The van der Waals surface area contributed by atoms with Crippen LogP contribution in [0.1, 0.15) is 40.5 Å². The summed E-state index contributed by atoms with van der Waals surface area (Å²) < 4.78 is 10.3. The van der Waals surface area contributed by atoms with Crippen LogP contribution in [0.4, 0.5) is 0 Å². The van der Waals surface area contributed by atoms with E-state index in [4.69, 9.17) is 8.94 Å². The van der Waals surface area contributed by atoms with Crippen molar-refractivity contribution in [3.8, 4) is 11.7 Å². The van der Waals surface area contributed by atoms with E-state index in [-0.39, 0.29) is 12.5 Å². The Bertz CT molecular complexity index is 867. The van der Waals surface area contributed by atoms with Crippen LogP contribution in [0.3, 0.4) is 0 Å². The summed E-state index contributed by atoms with van der Waals surface area (Å²) in [6, 6.07) is 11.3. The quantitative estimate of drug-likeness (QED) is 0.733. The van der Waals surface area contributed by atoms with Gasteiger partial charge in [-0.3, -0.25) is 4.79 Å². The largest absolute Gasteiger partial charge is 0.459 e. The number of aromatic nitrogens is 2. The predicted molar refractivity (Wildman–Crippen MR) is 94.5 cm³/mol. The monoisotopic (exact) mass is 352 g/mol. The average molecular weight is 352 g/mol. The van der Waals surface area contributed by atoms with Crippen molar-refractivity contribution >= 4 is 5.91 Å². The lowest BCUT2D eigenvalue weighted by atomic mass is 9.90. The molecule has 26 heavy (non-hydrogen) atoms. The molecule has 7 heteroatoms. The Balaban J connectivity index is 1.39. The SMILES string of the molecule is O=C(NCc1noc(-c2ccco2)n1)c1cccc([C@H]2CCCNC2)c1. The molecule has 0 unspecified atom stereocenters. The molecule has 0 spiro atoms. The third-order valence-electron chi connectivity index (χ3n) is 4.52. The Morgan fingerprint density at radius 3 is 3.08 bits per heavy atom. The highest BCUT2D eigenvalue weighted by Crippen LogP contribution is 2.24. The van der Waals surface area contributed by atoms with Crippen LogP contribution in [0.25, 0.3) is 11.7 Å². The fraction of sp³-hybridized carbons (Fsp3) is 0.316. The Kier molecular flexibility index (Phi) is 4.79. The minimum atomic E-state index is -0.153. The van der Waals surface area contributed by atoms with Gasteiger partial charge in [-0.25, -0.2) is 0 Å². The lowest BCUT2D eigenvalue weighted by Crippen LogP contribution is -2.28. The first kappa shape index (κ1) is 16.5. The van der Waals surface area contributed by atoms with E-state index in [9.17, 15) is 4.79 Å². The standard InChI is InChI=1S/C19H20N4O3/c24-18(14-5-1-4-13(10-14)15-6-2-8-20-11-15)21-12-17-22-19(26-23-17)16-7-3-9-25-16/h1,3-5,7,9-10,15,20H,2,6,8,11-12H2,(H,21,24)/t15-/m0/s1. The molecule has 0 bridgehead atoms. The molecule has 3 heterocycles. The van der Waals surface area contributed by atoms with Gasteiger partial charge in [0.1, 0.15) is 0 Å². The van der Waals surface area contributed by atoms with Crippen molar-refractivity contribution in [1.82, 2.24) is 20.8 Å². The molecule has 2 N–H and O–H groups in total. The minimum Gasteiger partial charge on any atom is -0.459 e. The van der Waals surface area contributed by atoms with Gasteiger partial charge in [0, 0.05) is 12.1 Å². The topological polar surface area (TPSA) is 93.2 Å². The fourth-order valence-corrected chi connectivity index (χ4v) is 3.16. The highest BCUT2D eigenvalue weighted by atomic mass is 16.5. The van der Waals surface area contributed by atoms with Crippen LogP contribution in [0.15, 0.2) is 51.6 Å². The van der Waals surface area contributed by atoms with E-state index in [2.05, 4.69) is 26.8 Å². The van der Waals surface area contributed by atoms with Gasteiger partial charge in [0.25, 0.3) is 11.8 Å². The molecule has 3 aromatic rings. The molecule has 1 amide bonds. The first-order valence-electron chi connectivity index (χ1n) is 8.75. The summed E-state index contributed by atoms with van der Waals surface area (Å²) in [5.41, 5.74) is 1.84. The average Bonchev–Trinajstić information content (AvgIpc) is 3.38. The van der Waals surface area contributed by atoms with Gasteiger partial charge in [0.05, 0.1) is 12.8 Å². The van der Waals surface area contributed by atoms with Crippen molar-refractivity contribution in [2.24, 2.45) is 0 Å². The van der Waals surface area contributed by atoms with Gasteiger partial charge in [-0.2, -0.15) is 4.98 Å². The maximum atomic E-state index is 12.5. The molecule has 1 aliphatic rings. The van der Waals surface area contributed by atoms with Gasteiger partial charge in [-0.1, -0.05) is 17.3 Å². The predicted octanol–water partition coefficient (Wildman–Crippen LogP) is 2.73. The molecule has 0 radical (unpaired) electrons. The smallest absolute Gasteiger partial charge is 0.293 e. The summed E-state index contributed by atoms with van der Waals surface area (Å²) in [7, 11) is 0. The lowest BCUT2D eigenvalue weighted by Gasteiger charge is -2.23. The van der Waals surface area contributed by atoms with Gasteiger partial charge in [-0.15, -0.1) is 0 Å². The molecule has 1 aromatic carbocycles. The number of piperidine rings is 1. The van der Waals surface area contributed by atoms with Crippen LogP contribution >= 0.6 is 0 Å². The summed E-state index contributed by atoms with van der Waals surface area (Å²) in [5, 5.41) is 10.1. The second-order valence-corrected chi connectivity index (χ2v) is 6.34. The van der Waals surface area contributed by atoms with Gasteiger partial charge in [-0.05, 0) is 55.1 Å². The molecule has 1 saturated heterocycles. The van der Waals surface area contributed by atoms with Crippen LogP contribution in [-0.2, 0) is 6.54 Å². The molecule has 1 aliphatic heterocycles. The van der Waals surface area contributed by atoms with Crippen LogP contribution in [0.2, 0.25) is 0 Å². The molecule has 4 rings (SSSR count). The van der Waals surface area contributed by atoms with E-state index in [0.717, 1.165) is 25.9 Å². The Labute approximate surface area is 150 Å². The fourth-order valence-electron chi connectivity index (χ4n) is 3.16. The van der Waals surface area contributed by atoms with Crippen LogP contribution in [0, 0.1) is 0 Å². The highest BCUT2D eigenvalue weighted by Gasteiger charge is 2.17. The first-order valence-corrected chi connectivity index (χ1v) is 8.75. The number of hydrogen-bond acceptors (Lipinski definition) is 6. The second kappa shape index (κ2) is 7.53. The number of nitrogens with one attached hydrogen (secondary N) is 2. The summed E-state index contributed by atoms with van der Waals surface area (Å²) in [4.78, 5) is 16.7. The maximum absolute atomic E-state index is 12.5. The number of carbonyl (C=O) groups is 1. The number of carbonyl (C=O) groups excluding carboxylic acids is 1. The number of nitrogens with zero attached hydrogens (tertiary/aromatic N) is 2.